The number of hydrogen-bond acceptors (Lipinski definition) is 2. The Morgan fingerprint density at radius 1 is 1.14 bits per heavy atom. The average Bonchev–Trinajstić information content (AvgIpc) is 2.70. The molecular weight excluding hydrogens is 369 g/mol. The highest BCUT2D eigenvalue weighted by molar-refractivity contribution is 5.89. The van der Waals surface area contributed by atoms with E-state index in [4.69, 9.17) is 4.74 Å². The Hall–Kier alpha value is -2.60. The molecule has 2 aliphatic rings. The van der Waals surface area contributed by atoms with Gasteiger partial charge in [0, 0.05) is 36.2 Å². The molecule has 2 heterocycles. The molecule has 0 aromatic heterocycles. The summed E-state index contributed by atoms with van der Waals surface area (Å²) in [7, 11) is 1.61. The standard InChI is InChI=1S/C23H28FN3O2/c1-29-22-7-2-4-18(14-22)25-23(28)26-19-12-20-5-3-6-21(13-19)27(20)15-16-8-10-17(24)11-9-16/h2,4,7-11,14,19-21H,3,5-6,12-13,15H2,1H3,(H2,25,26,28)/p+1/t20-,21-/m1/s1. The van der Waals surface area contributed by atoms with Crippen molar-refractivity contribution in [3.63, 3.8) is 0 Å². The number of benzene rings is 2. The predicted octanol–water partition coefficient (Wildman–Crippen LogP) is 3.12. The molecule has 2 amide bonds. The van der Waals surface area contributed by atoms with Gasteiger partial charge in [-0.05, 0) is 43.5 Å². The maximum Gasteiger partial charge on any atom is 0.319 e. The molecule has 29 heavy (non-hydrogen) atoms. The van der Waals surface area contributed by atoms with Gasteiger partial charge in [-0.3, -0.25) is 0 Å². The number of hydrogen-bond donors (Lipinski definition) is 3. The highest BCUT2D eigenvalue weighted by Crippen LogP contribution is 2.23. The summed E-state index contributed by atoms with van der Waals surface area (Å²) in [6.07, 6.45) is 5.59. The fourth-order valence-corrected chi connectivity index (χ4v) is 4.93. The first kappa shape index (κ1) is 19.7. The van der Waals surface area contributed by atoms with Crippen molar-refractivity contribution in [1.29, 1.82) is 0 Å². The summed E-state index contributed by atoms with van der Waals surface area (Å²) in [5.41, 5.74) is 1.90. The van der Waals surface area contributed by atoms with Gasteiger partial charge in [-0.15, -0.1) is 0 Å². The summed E-state index contributed by atoms with van der Waals surface area (Å²) in [5.74, 6) is 0.531. The van der Waals surface area contributed by atoms with Crippen LogP contribution in [0.3, 0.4) is 0 Å². The lowest BCUT2D eigenvalue weighted by molar-refractivity contribution is -0.973. The number of urea groups is 1. The van der Waals surface area contributed by atoms with E-state index >= 15 is 0 Å². The van der Waals surface area contributed by atoms with E-state index in [1.807, 2.05) is 36.4 Å². The molecule has 2 saturated heterocycles. The van der Waals surface area contributed by atoms with Gasteiger partial charge in [-0.2, -0.15) is 0 Å². The molecule has 0 aliphatic carbocycles. The number of methoxy groups -OCH3 is 1. The number of anilines is 1. The lowest BCUT2D eigenvalue weighted by Crippen LogP contribution is -3.20. The van der Waals surface area contributed by atoms with Crippen LogP contribution in [0, 0.1) is 5.82 Å². The summed E-state index contributed by atoms with van der Waals surface area (Å²) < 4.78 is 18.4. The van der Waals surface area contributed by atoms with Crippen LogP contribution in [-0.4, -0.2) is 31.3 Å². The van der Waals surface area contributed by atoms with Gasteiger partial charge in [0.1, 0.15) is 18.1 Å². The first-order chi connectivity index (χ1) is 14.1. The second kappa shape index (κ2) is 8.82. The summed E-state index contributed by atoms with van der Waals surface area (Å²) >= 11 is 0. The van der Waals surface area contributed by atoms with E-state index in [9.17, 15) is 9.18 Å². The second-order valence-electron chi connectivity index (χ2n) is 8.20. The van der Waals surface area contributed by atoms with Crippen molar-refractivity contribution in [1.82, 2.24) is 5.32 Å². The molecule has 2 fully saturated rings. The molecule has 6 heteroatoms. The molecule has 2 aromatic carbocycles. The highest BCUT2D eigenvalue weighted by atomic mass is 19.1. The third-order valence-electron chi connectivity index (χ3n) is 6.28. The number of ether oxygens (including phenoxy) is 1. The SMILES string of the molecule is COc1cccc(NC(=O)NC2C[C@H]3CCC[C@H](C2)[NH+]3Cc2ccc(F)cc2)c1. The number of quaternary nitrogens is 1. The second-order valence-corrected chi connectivity index (χ2v) is 8.20. The van der Waals surface area contributed by atoms with Crippen LogP contribution in [0.1, 0.15) is 37.7 Å². The van der Waals surface area contributed by atoms with Gasteiger partial charge in [0.25, 0.3) is 0 Å². The zero-order valence-corrected chi connectivity index (χ0v) is 16.8. The summed E-state index contributed by atoms with van der Waals surface area (Å²) in [4.78, 5) is 14.1. The molecule has 0 saturated carbocycles. The third-order valence-corrected chi connectivity index (χ3v) is 6.28. The molecule has 2 aromatic rings. The van der Waals surface area contributed by atoms with Crippen LogP contribution in [0.15, 0.2) is 48.5 Å². The lowest BCUT2D eigenvalue weighted by Gasteiger charge is -2.46. The lowest BCUT2D eigenvalue weighted by atomic mass is 9.81. The van der Waals surface area contributed by atoms with Crippen LogP contribution in [0.25, 0.3) is 0 Å². The summed E-state index contributed by atoms with van der Waals surface area (Å²) in [6, 6.07) is 15.3. The number of halogens is 1. The van der Waals surface area contributed by atoms with Gasteiger partial charge in [0.15, 0.2) is 0 Å². The normalized spacial score (nSPS) is 25.9. The number of carbonyl (C=O) groups excluding carboxylic acids is 1. The number of rotatable bonds is 5. The van der Waals surface area contributed by atoms with Gasteiger partial charge >= 0.3 is 6.03 Å². The largest absolute Gasteiger partial charge is 0.497 e. The number of fused-ring (bicyclic) bond motifs is 2. The number of amides is 2. The molecule has 2 atom stereocenters. The van der Waals surface area contributed by atoms with Crippen molar-refractivity contribution in [3.8, 4) is 5.75 Å². The van der Waals surface area contributed by atoms with Crippen molar-refractivity contribution in [2.24, 2.45) is 0 Å². The van der Waals surface area contributed by atoms with E-state index < -0.39 is 0 Å². The molecule has 4 rings (SSSR count). The van der Waals surface area contributed by atoms with Crippen molar-refractivity contribution in [2.75, 3.05) is 12.4 Å². The van der Waals surface area contributed by atoms with Crippen LogP contribution in [0.4, 0.5) is 14.9 Å². The zero-order chi connectivity index (χ0) is 20.2. The van der Waals surface area contributed by atoms with Gasteiger partial charge in [-0.25, -0.2) is 9.18 Å². The van der Waals surface area contributed by atoms with Gasteiger partial charge in [0.2, 0.25) is 0 Å². The van der Waals surface area contributed by atoms with Gasteiger partial charge in [-0.1, -0.05) is 18.2 Å². The monoisotopic (exact) mass is 398 g/mol. The van der Waals surface area contributed by atoms with E-state index in [1.54, 1.807) is 24.1 Å². The minimum Gasteiger partial charge on any atom is -0.497 e. The molecular formula is C23H29FN3O2+. The Kier molecular flexibility index (Phi) is 6.00. The molecule has 3 N–H and O–H groups in total. The Labute approximate surface area is 171 Å². The molecule has 154 valence electrons. The number of piperidine rings is 2. The summed E-state index contributed by atoms with van der Waals surface area (Å²) in [5, 5.41) is 6.09. The van der Waals surface area contributed by atoms with E-state index in [2.05, 4.69) is 10.6 Å². The Bertz CT molecular complexity index is 828. The van der Waals surface area contributed by atoms with E-state index in [1.165, 1.54) is 24.8 Å². The van der Waals surface area contributed by atoms with Gasteiger partial charge in [0.05, 0.1) is 19.2 Å². The van der Waals surface area contributed by atoms with Crippen LogP contribution in [0.2, 0.25) is 0 Å². The first-order valence-corrected chi connectivity index (χ1v) is 10.4. The Balaban J connectivity index is 1.35. The van der Waals surface area contributed by atoms with E-state index in [0.717, 1.165) is 30.8 Å². The fraction of sp³-hybridized carbons (Fsp3) is 0.435. The minimum absolute atomic E-state index is 0.164. The highest BCUT2D eigenvalue weighted by Gasteiger charge is 2.42. The third kappa shape index (κ3) is 4.88. The van der Waals surface area contributed by atoms with E-state index in [-0.39, 0.29) is 17.9 Å². The number of nitrogens with one attached hydrogen (secondary N) is 3. The number of carbonyl (C=O) groups is 1. The Morgan fingerprint density at radius 2 is 1.86 bits per heavy atom. The van der Waals surface area contributed by atoms with Crippen LogP contribution < -0.4 is 20.3 Å². The molecule has 2 bridgehead atoms. The zero-order valence-electron chi connectivity index (χ0n) is 16.8. The van der Waals surface area contributed by atoms with Crippen LogP contribution in [0.5, 0.6) is 5.75 Å². The molecule has 0 spiro atoms. The first-order valence-electron chi connectivity index (χ1n) is 10.4. The topological polar surface area (TPSA) is 54.8 Å². The summed E-state index contributed by atoms with van der Waals surface area (Å²) in [6.45, 7) is 0.929. The molecule has 2 aliphatic heterocycles. The van der Waals surface area contributed by atoms with Crippen molar-refractivity contribution in [3.05, 3.63) is 59.9 Å². The smallest absolute Gasteiger partial charge is 0.319 e. The van der Waals surface area contributed by atoms with Crippen LogP contribution >= 0.6 is 0 Å². The predicted molar refractivity (Wildman–Crippen MR) is 111 cm³/mol. The molecule has 5 nitrogen and oxygen atoms in total. The maximum atomic E-state index is 13.2. The quantitative estimate of drug-likeness (QED) is 0.725. The van der Waals surface area contributed by atoms with Crippen molar-refractivity contribution < 1.29 is 18.8 Å². The molecule has 0 unspecified atom stereocenters. The van der Waals surface area contributed by atoms with Crippen molar-refractivity contribution >= 4 is 11.7 Å². The van der Waals surface area contributed by atoms with Crippen molar-refractivity contribution in [2.45, 2.75) is 56.8 Å². The fourth-order valence-electron chi connectivity index (χ4n) is 4.93. The average molecular weight is 399 g/mol. The van der Waals surface area contributed by atoms with E-state index in [0.29, 0.717) is 12.1 Å². The Morgan fingerprint density at radius 3 is 2.55 bits per heavy atom. The molecule has 0 radical (unpaired) electrons. The van der Waals surface area contributed by atoms with Crippen LogP contribution in [-0.2, 0) is 6.54 Å². The van der Waals surface area contributed by atoms with Gasteiger partial charge < -0.3 is 20.3 Å². The maximum absolute atomic E-state index is 13.2. The minimum atomic E-state index is -0.186.